The second kappa shape index (κ2) is 9.20. The fourth-order valence-corrected chi connectivity index (χ4v) is 4.47. The lowest BCUT2D eigenvalue weighted by Crippen LogP contribution is -2.47. The van der Waals surface area contributed by atoms with Crippen molar-refractivity contribution < 1.29 is 9.59 Å². The first kappa shape index (κ1) is 18.9. The van der Waals surface area contributed by atoms with Crippen LogP contribution < -0.4 is 5.32 Å². The Morgan fingerprint density at radius 1 is 1.08 bits per heavy atom. The molecule has 2 amide bonds. The number of carbonyl (C=O) groups is 2. The Bertz CT molecular complexity index is 587. The number of nitrogens with one attached hydrogen (secondary N) is 1. The predicted octanol–water partition coefficient (Wildman–Crippen LogP) is 3.87. The van der Waals surface area contributed by atoms with Gasteiger partial charge in [-0.1, -0.05) is 50.1 Å². The predicted molar refractivity (Wildman–Crippen MR) is 104 cm³/mol. The lowest BCUT2D eigenvalue weighted by atomic mass is 9.93. The third-order valence-electron chi connectivity index (χ3n) is 6.03. The third-order valence-corrected chi connectivity index (χ3v) is 6.03. The second-order valence-electron chi connectivity index (χ2n) is 7.89. The van der Waals surface area contributed by atoms with Gasteiger partial charge in [-0.05, 0) is 43.6 Å². The van der Waals surface area contributed by atoms with E-state index in [1.54, 1.807) is 0 Å². The van der Waals surface area contributed by atoms with Crippen molar-refractivity contribution in [2.24, 2.45) is 5.92 Å². The highest BCUT2D eigenvalue weighted by atomic mass is 16.2. The Morgan fingerprint density at radius 2 is 1.73 bits per heavy atom. The van der Waals surface area contributed by atoms with Gasteiger partial charge >= 0.3 is 0 Å². The van der Waals surface area contributed by atoms with Crippen LogP contribution in [0.4, 0.5) is 0 Å². The van der Waals surface area contributed by atoms with Crippen LogP contribution >= 0.6 is 0 Å². The molecule has 0 unspecified atom stereocenters. The van der Waals surface area contributed by atoms with Crippen molar-refractivity contribution in [1.29, 1.82) is 0 Å². The standard InChI is InChI=1S/C22H32N2O2/c1-2-20(18-10-4-3-5-11-18)22(26)24-14-12-19(13-15-24)23-21(25)16-17-8-6-7-9-17/h3-5,10-11,17,19-20H,2,6-9,12-16H2,1H3,(H,23,25)/t20-/m1/s1. The Balaban J connectivity index is 1.46. The minimum absolute atomic E-state index is 0.0512. The number of hydrogen-bond donors (Lipinski definition) is 1. The highest BCUT2D eigenvalue weighted by Gasteiger charge is 2.29. The first-order valence-electron chi connectivity index (χ1n) is 10.3. The smallest absolute Gasteiger partial charge is 0.230 e. The first-order chi connectivity index (χ1) is 12.7. The van der Waals surface area contributed by atoms with E-state index in [4.69, 9.17) is 0 Å². The number of likely N-dealkylation sites (tertiary alicyclic amines) is 1. The number of benzene rings is 1. The lowest BCUT2D eigenvalue weighted by Gasteiger charge is -2.34. The normalized spacial score (nSPS) is 20.1. The van der Waals surface area contributed by atoms with Crippen molar-refractivity contribution in [3.8, 4) is 0 Å². The lowest BCUT2D eigenvalue weighted by molar-refractivity contribution is -0.134. The molecule has 1 aliphatic heterocycles. The van der Waals surface area contributed by atoms with E-state index in [0.29, 0.717) is 12.3 Å². The number of hydrogen-bond acceptors (Lipinski definition) is 2. The SMILES string of the molecule is CC[C@@H](C(=O)N1CCC(NC(=O)CC2CCCC2)CC1)c1ccccc1. The molecule has 26 heavy (non-hydrogen) atoms. The van der Waals surface area contributed by atoms with Crippen LogP contribution in [-0.2, 0) is 9.59 Å². The van der Waals surface area contributed by atoms with Crippen LogP contribution in [0.15, 0.2) is 30.3 Å². The summed E-state index contributed by atoms with van der Waals surface area (Å²) < 4.78 is 0. The zero-order valence-corrected chi connectivity index (χ0v) is 16.0. The maximum atomic E-state index is 12.9. The van der Waals surface area contributed by atoms with Gasteiger partial charge in [0.05, 0.1) is 5.92 Å². The van der Waals surface area contributed by atoms with E-state index in [2.05, 4.69) is 12.2 Å². The molecule has 1 aliphatic carbocycles. The van der Waals surface area contributed by atoms with Crippen LogP contribution in [-0.4, -0.2) is 35.8 Å². The molecule has 1 saturated heterocycles. The van der Waals surface area contributed by atoms with Crippen molar-refractivity contribution in [1.82, 2.24) is 10.2 Å². The molecule has 1 heterocycles. The number of amides is 2. The molecule has 2 fully saturated rings. The summed E-state index contributed by atoms with van der Waals surface area (Å²) in [7, 11) is 0. The summed E-state index contributed by atoms with van der Waals surface area (Å²) in [6.45, 7) is 3.57. The minimum Gasteiger partial charge on any atom is -0.353 e. The molecule has 1 atom stereocenters. The van der Waals surface area contributed by atoms with Crippen molar-refractivity contribution in [2.75, 3.05) is 13.1 Å². The van der Waals surface area contributed by atoms with Gasteiger partial charge in [0.2, 0.25) is 11.8 Å². The molecule has 1 aromatic rings. The van der Waals surface area contributed by atoms with Crippen molar-refractivity contribution in [3.63, 3.8) is 0 Å². The van der Waals surface area contributed by atoms with Gasteiger partial charge in [-0.25, -0.2) is 0 Å². The molecule has 2 aliphatic rings. The van der Waals surface area contributed by atoms with E-state index in [9.17, 15) is 9.59 Å². The van der Waals surface area contributed by atoms with Gasteiger partial charge in [0.25, 0.3) is 0 Å². The summed E-state index contributed by atoms with van der Waals surface area (Å²) in [5.41, 5.74) is 1.10. The van der Waals surface area contributed by atoms with Crippen LogP contribution in [0.1, 0.15) is 69.8 Å². The molecule has 1 N–H and O–H groups in total. The van der Waals surface area contributed by atoms with Crippen LogP contribution in [0.3, 0.4) is 0 Å². The Labute approximate surface area is 157 Å². The zero-order chi connectivity index (χ0) is 18.4. The fraction of sp³-hybridized carbons (Fsp3) is 0.636. The minimum atomic E-state index is -0.0512. The van der Waals surface area contributed by atoms with E-state index in [1.807, 2.05) is 35.2 Å². The molecule has 142 valence electrons. The van der Waals surface area contributed by atoms with E-state index < -0.39 is 0 Å². The van der Waals surface area contributed by atoms with Crippen molar-refractivity contribution >= 4 is 11.8 Å². The first-order valence-corrected chi connectivity index (χ1v) is 10.3. The molecule has 1 saturated carbocycles. The summed E-state index contributed by atoms with van der Waals surface area (Å²) >= 11 is 0. The summed E-state index contributed by atoms with van der Waals surface area (Å²) in [5, 5.41) is 3.20. The molecule has 0 bridgehead atoms. The van der Waals surface area contributed by atoms with Gasteiger partial charge in [0.15, 0.2) is 0 Å². The monoisotopic (exact) mass is 356 g/mol. The molecule has 4 heteroatoms. The summed E-state index contributed by atoms with van der Waals surface area (Å²) in [4.78, 5) is 27.1. The van der Waals surface area contributed by atoms with Crippen LogP contribution in [0.2, 0.25) is 0 Å². The Morgan fingerprint density at radius 3 is 2.35 bits per heavy atom. The molecular weight excluding hydrogens is 324 g/mol. The quantitative estimate of drug-likeness (QED) is 0.841. The van der Waals surface area contributed by atoms with Gasteiger partial charge in [-0.15, -0.1) is 0 Å². The van der Waals surface area contributed by atoms with Crippen molar-refractivity contribution in [2.45, 2.75) is 70.3 Å². The molecule has 0 spiro atoms. The third kappa shape index (κ3) is 4.87. The van der Waals surface area contributed by atoms with E-state index in [-0.39, 0.29) is 23.8 Å². The highest BCUT2D eigenvalue weighted by Crippen LogP contribution is 2.28. The molecule has 4 nitrogen and oxygen atoms in total. The van der Waals surface area contributed by atoms with E-state index >= 15 is 0 Å². The van der Waals surface area contributed by atoms with Crippen LogP contribution in [0.5, 0.6) is 0 Å². The van der Waals surface area contributed by atoms with Gasteiger partial charge in [-0.2, -0.15) is 0 Å². The summed E-state index contributed by atoms with van der Waals surface area (Å²) in [6, 6.07) is 10.3. The topological polar surface area (TPSA) is 49.4 Å². The van der Waals surface area contributed by atoms with Gasteiger partial charge in [0.1, 0.15) is 0 Å². The van der Waals surface area contributed by atoms with Gasteiger partial charge in [0, 0.05) is 25.6 Å². The molecule has 1 aromatic carbocycles. The van der Waals surface area contributed by atoms with Crippen LogP contribution in [0, 0.1) is 5.92 Å². The fourth-order valence-electron chi connectivity index (χ4n) is 4.47. The Kier molecular flexibility index (Phi) is 6.70. The zero-order valence-electron chi connectivity index (χ0n) is 16.0. The number of nitrogens with zero attached hydrogens (tertiary/aromatic N) is 1. The highest BCUT2D eigenvalue weighted by molar-refractivity contribution is 5.84. The number of rotatable bonds is 6. The van der Waals surface area contributed by atoms with E-state index in [0.717, 1.165) is 37.9 Å². The molecule has 3 rings (SSSR count). The maximum Gasteiger partial charge on any atom is 0.230 e. The van der Waals surface area contributed by atoms with Gasteiger partial charge in [-0.3, -0.25) is 9.59 Å². The average molecular weight is 357 g/mol. The van der Waals surface area contributed by atoms with Gasteiger partial charge < -0.3 is 10.2 Å². The Hall–Kier alpha value is -1.84. The maximum absolute atomic E-state index is 12.9. The number of carbonyl (C=O) groups excluding carboxylic acids is 2. The summed E-state index contributed by atoms with van der Waals surface area (Å²) in [6.07, 6.45) is 8.21. The number of piperidine rings is 1. The second-order valence-corrected chi connectivity index (χ2v) is 7.89. The molecular formula is C22H32N2O2. The van der Waals surface area contributed by atoms with Crippen molar-refractivity contribution in [3.05, 3.63) is 35.9 Å². The largest absolute Gasteiger partial charge is 0.353 e. The average Bonchev–Trinajstić information content (AvgIpc) is 3.16. The summed E-state index contributed by atoms with van der Waals surface area (Å²) in [5.74, 6) is 0.976. The van der Waals surface area contributed by atoms with Crippen LogP contribution in [0.25, 0.3) is 0 Å². The molecule has 0 radical (unpaired) electrons. The van der Waals surface area contributed by atoms with E-state index in [1.165, 1.54) is 25.7 Å². The molecule has 0 aromatic heterocycles.